The molecule has 0 radical (unpaired) electrons. The van der Waals surface area contributed by atoms with Crippen LogP contribution in [0.15, 0.2) is 24.3 Å². The van der Waals surface area contributed by atoms with Gasteiger partial charge in [-0.3, -0.25) is 4.79 Å². The van der Waals surface area contributed by atoms with Gasteiger partial charge in [0.25, 0.3) is 0 Å². The van der Waals surface area contributed by atoms with Crippen molar-refractivity contribution in [1.29, 1.82) is 0 Å². The number of halogens is 1. The second-order valence-corrected chi connectivity index (χ2v) is 6.23. The van der Waals surface area contributed by atoms with Gasteiger partial charge in [-0.25, -0.2) is 0 Å². The predicted molar refractivity (Wildman–Crippen MR) is 87.1 cm³/mol. The zero-order chi connectivity index (χ0) is 16.0. The van der Waals surface area contributed by atoms with E-state index in [-0.39, 0.29) is 18.6 Å². The molecule has 22 heavy (non-hydrogen) atoms. The molecule has 1 saturated heterocycles. The Morgan fingerprint density at radius 2 is 2.18 bits per heavy atom. The van der Waals surface area contributed by atoms with E-state index < -0.39 is 5.41 Å². The highest BCUT2D eigenvalue weighted by Gasteiger charge is 2.42. The molecule has 1 aliphatic rings. The molecule has 2 N–H and O–H groups in total. The van der Waals surface area contributed by atoms with Crippen LogP contribution in [0.1, 0.15) is 38.2 Å². The van der Waals surface area contributed by atoms with Crippen LogP contribution in [-0.4, -0.2) is 36.9 Å². The number of rotatable bonds is 6. The quantitative estimate of drug-likeness (QED) is 0.845. The van der Waals surface area contributed by atoms with Crippen LogP contribution in [0, 0.1) is 0 Å². The lowest BCUT2D eigenvalue weighted by atomic mass is 9.73. The van der Waals surface area contributed by atoms with Gasteiger partial charge in [0.05, 0.1) is 5.41 Å². The average Bonchev–Trinajstić information content (AvgIpc) is 2.55. The third kappa shape index (κ3) is 3.80. The third-order valence-corrected chi connectivity index (χ3v) is 4.70. The number of carbonyl (C=O) groups is 1. The van der Waals surface area contributed by atoms with Crippen molar-refractivity contribution < 1.29 is 14.6 Å². The Balaban J connectivity index is 2.27. The van der Waals surface area contributed by atoms with Gasteiger partial charge in [0, 0.05) is 30.9 Å². The summed E-state index contributed by atoms with van der Waals surface area (Å²) in [5.41, 5.74) is 0.353. The van der Waals surface area contributed by atoms with Gasteiger partial charge < -0.3 is 15.2 Å². The molecule has 1 atom stereocenters. The fourth-order valence-electron chi connectivity index (χ4n) is 3.01. The summed E-state index contributed by atoms with van der Waals surface area (Å²) in [5, 5.41) is 12.9. The summed E-state index contributed by atoms with van der Waals surface area (Å²) in [5.74, 6) is 0.0124. The van der Waals surface area contributed by atoms with Gasteiger partial charge >= 0.3 is 0 Å². The molecule has 2 rings (SSSR count). The van der Waals surface area contributed by atoms with Gasteiger partial charge in [-0.2, -0.15) is 0 Å². The van der Waals surface area contributed by atoms with E-state index in [1.54, 1.807) is 0 Å². The summed E-state index contributed by atoms with van der Waals surface area (Å²) in [6.45, 7) is 3.22. The molecule has 1 unspecified atom stereocenters. The van der Waals surface area contributed by atoms with Crippen molar-refractivity contribution >= 4 is 17.5 Å². The molecule has 5 heteroatoms. The minimum absolute atomic E-state index is 0.00333. The first-order chi connectivity index (χ1) is 10.6. The zero-order valence-corrected chi connectivity index (χ0v) is 13.7. The van der Waals surface area contributed by atoms with E-state index in [0.717, 1.165) is 12.0 Å². The zero-order valence-electron chi connectivity index (χ0n) is 13.0. The molecule has 1 aliphatic heterocycles. The molecule has 1 fully saturated rings. The molecule has 1 aromatic carbocycles. The van der Waals surface area contributed by atoms with Crippen LogP contribution in [-0.2, 0) is 14.9 Å². The monoisotopic (exact) mass is 325 g/mol. The molecular weight excluding hydrogens is 302 g/mol. The van der Waals surface area contributed by atoms with Crippen molar-refractivity contribution in [3.05, 3.63) is 34.9 Å². The highest BCUT2D eigenvalue weighted by atomic mass is 35.5. The van der Waals surface area contributed by atoms with Crippen molar-refractivity contribution in [3.63, 3.8) is 0 Å². The highest BCUT2D eigenvalue weighted by molar-refractivity contribution is 6.30. The van der Waals surface area contributed by atoms with E-state index in [2.05, 4.69) is 5.32 Å². The number of ether oxygens (including phenoxy) is 1. The molecule has 4 nitrogen and oxygen atoms in total. The van der Waals surface area contributed by atoms with E-state index in [4.69, 9.17) is 21.4 Å². The van der Waals surface area contributed by atoms with Crippen molar-refractivity contribution in [2.45, 2.75) is 44.1 Å². The molecule has 0 aromatic heterocycles. The fourth-order valence-corrected chi connectivity index (χ4v) is 3.20. The molecule has 1 amide bonds. The summed E-state index contributed by atoms with van der Waals surface area (Å²) in [4.78, 5) is 13.0. The van der Waals surface area contributed by atoms with Crippen LogP contribution >= 0.6 is 11.6 Å². The van der Waals surface area contributed by atoms with Crippen LogP contribution in [0.3, 0.4) is 0 Å². The van der Waals surface area contributed by atoms with Gasteiger partial charge in [-0.05, 0) is 43.4 Å². The highest BCUT2D eigenvalue weighted by Crippen LogP contribution is 2.36. The molecule has 0 bridgehead atoms. The summed E-state index contributed by atoms with van der Waals surface area (Å²) < 4.78 is 5.45. The Labute approximate surface area is 136 Å². The number of nitrogens with one attached hydrogen (secondary N) is 1. The second-order valence-electron chi connectivity index (χ2n) is 5.80. The molecular formula is C17H24ClNO3. The first-order valence-corrected chi connectivity index (χ1v) is 8.26. The Bertz CT molecular complexity index is 500. The average molecular weight is 326 g/mol. The number of carbonyl (C=O) groups excluding carboxylic acids is 1. The second kappa shape index (κ2) is 7.95. The Hall–Kier alpha value is -1.10. The predicted octanol–water partition coefficient (Wildman–Crippen LogP) is 2.67. The Morgan fingerprint density at radius 3 is 2.77 bits per heavy atom. The van der Waals surface area contributed by atoms with Gasteiger partial charge in [-0.1, -0.05) is 30.7 Å². The van der Waals surface area contributed by atoms with Crippen molar-refractivity contribution in [3.8, 4) is 0 Å². The van der Waals surface area contributed by atoms with Crippen molar-refractivity contribution in [2.75, 3.05) is 19.8 Å². The summed E-state index contributed by atoms with van der Waals surface area (Å²) in [6, 6.07) is 7.53. The van der Waals surface area contributed by atoms with E-state index in [9.17, 15) is 4.79 Å². The van der Waals surface area contributed by atoms with Crippen LogP contribution in [0.4, 0.5) is 0 Å². The molecule has 0 aliphatic carbocycles. The van der Waals surface area contributed by atoms with E-state index in [0.29, 0.717) is 37.5 Å². The van der Waals surface area contributed by atoms with Gasteiger partial charge in [0.15, 0.2) is 0 Å². The van der Waals surface area contributed by atoms with E-state index >= 15 is 0 Å². The molecule has 122 valence electrons. The van der Waals surface area contributed by atoms with Crippen molar-refractivity contribution in [2.24, 2.45) is 0 Å². The number of aliphatic hydroxyl groups is 1. The standard InChI is InChI=1S/C17H24ClNO3/c1-2-15(6-9-20)19-16(21)17(7-10-22-11-8-17)13-4-3-5-14(18)12-13/h3-5,12,15,20H,2,6-11H2,1H3,(H,19,21). The van der Waals surface area contributed by atoms with Gasteiger partial charge in [0.2, 0.25) is 5.91 Å². The van der Waals surface area contributed by atoms with Crippen LogP contribution < -0.4 is 5.32 Å². The topological polar surface area (TPSA) is 58.6 Å². The fraction of sp³-hybridized carbons (Fsp3) is 0.588. The number of hydrogen-bond acceptors (Lipinski definition) is 3. The van der Waals surface area contributed by atoms with E-state index in [1.165, 1.54) is 0 Å². The lowest BCUT2D eigenvalue weighted by molar-refractivity contribution is -0.131. The maximum Gasteiger partial charge on any atom is 0.231 e. The van der Waals surface area contributed by atoms with Gasteiger partial charge in [0.1, 0.15) is 0 Å². The molecule has 0 saturated carbocycles. The maximum absolute atomic E-state index is 13.0. The largest absolute Gasteiger partial charge is 0.396 e. The van der Waals surface area contributed by atoms with Crippen LogP contribution in [0.5, 0.6) is 0 Å². The Kier molecular flexibility index (Phi) is 6.24. The summed E-state index contributed by atoms with van der Waals surface area (Å²) in [6.07, 6.45) is 2.67. The third-order valence-electron chi connectivity index (χ3n) is 4.46. The Morgan fingerprint density at radius 1 is 1.45 bits per heavy atom. The van der Waals surface area contributed by atoms with Crippen LogP contribution in [0.2, 0.25) is 5.02 Å². The normalized spacial score (nSPS) is 18.7. The molecule has 0 spiro atoms. The number of amides is 1. The summed E-state index contributed by atoms with van der Waals surface area (Å²) in [7, 11) is 0. The molecule has 1 aromatic rings. The maximum atomic E-state index is 13.0. The van der Waals surface area contributed by atoms with Crippen molar-refractivity contribution in [1.82, 2.24) is 5.32 Å². The van der Waals surface area contributed by atoms with Gasteiger partial charge in [-0.15, -0.1) is 0 Å². The first-order valence-electron chi connectivity index (χ1n) is 7.88. The number of hydrogen-bond donors (Lipinski definition) is 2. The van der Waals surface area contributed by atoms with Crippen LogP contribution in [0.25, 0.3) is 0 Å². The minimum atomic E-state index is -0.591. The lowest BCUT2D eigenvalue weighted by Crippen LogP contribution is -2.51. The first kappa shape index (κ1) is 17.3. The minimum Gasteiger partial charge on any atom is -0.396 e. The number of aliphatic hydroxyl groups excluding tert-OH is 1. The molecule has 1 heterocycles. The smallest absolute Gasteiger partial charge is 0.231 e. The van der Waals surface area contributed by atoms with E-state index in [1.807, 2.05) is 31.2 Å². The summed E-state index contributed by atoms with van der Waals surface area (Å²) >= 11 is 6.12. The number of benzene rings is 1. The lowest BCUT2D eigenvalue weighted by Gasteiger charge is -2.37. The SMILES string of the molecule is CCC(CCO)NC(=O)C1(c2cccc(Cl)c2)CCOCC1.